The van der Waals surface area contributed by atoms with Gasteiger partial charge in [-0.3, -0.25) is 0 Å². The van der Waals surface area contributed by atoms with Gasteiger partial charge in [0.2, 0.25) is 0 Å². The van der Waals surface area contributed by atoms with Crippen LogP contribution in [0.15, 0.2) is 187 Å². The quantitative estimate of drug-likeness (QED) is 0.0544. The molecule has 5 aliphatic rings. The van der Waals surface area contributed by atoms with Crippen molar-refractivity contribution in [3.8, 4) is 22.3 Å². The standard InChI is InChI=1S/C58H52O6/c1-7-52(59)62-27-10-26-58(35-64-54(61)9-3)50-33-41(40-15-14-38-29-36(11-12-39(38)30-40)25-28-63-53(60)8-2)18-22-47(50)48-23-19-42(34-51(48)58)46-21-17-37-13-16-43-31-45(57(4,5)6)32-44-20-24-49(46)56(37)55(43)44/h7-9,11-24,29-34,55-56H,1-3,10,25-28,35H2,4-6H3. The predicted octanol–water partition coefficient (Wildman–Crippen LogP) is 12.2. The number of rotatable bonds is 14. The molecule has 0 heterocycles. The maximum atomic E-state index is 13.0. The highest BCUT2D eigenvalue weighted by Crippen LogP contribution is 2.56. The first-order valence-corrected chi connectivity index (χ1v) is 22.1. The van der Waals surface area contributed by atoms with Crippen LogP contribution in [0.3, 0.4) is 0 Å². The SMILES string of the molecule is C=CC(=O)OCCCC1(COC(=O)C=C)c2cc(C3=C4C=CC5=CC(C(C)(C)C)=CC6=CC=C(C=C3)C4C65)ccc2-c2ccc(-c3ccc4cc(CCOC(=O)C=C)ccc4c3)cc21. The Morgan fingerprint density at radius 3 is 1.97 bits per heavy atom. The molecule has 0 bridgehead atoms. The van der Waals surface area contributed by atoms with Gasteiger partial charge in [0.05, 0.1) is 18.6 Å². The summed E-state index contributed by atoms with van der Waals surface area (Å²) in [5.74, 6) is -0.944. The molecular weight excluding hydrogens is 793 g/mol. The molecule has 0 radical (unpaired) electrons. The molecule has 9 rings (SSSR count). The number of fused-ring (bicyclic) bond motifs is 4. The van der Waals surface area contributed by atoms with Crippen LogP contribution in [0.4, 0.5) is 0 Å². The van der Waals surface area contributed by atoms with Gasteiger partial charge >= 0.3 is 17.9 Å². The Bertz CT molecular complexity index is 2910. The van der Waals surface area contributed by atoms with Gasteiger partial charge in [0.1, 0.15) is 6.61 Å². The largest absolute Gasteiger partial charge is 0.463 e. The summed E-state index contributed by atoms with van der Waals surface area (Å²) in [5, 5.41) is 2.17. The van der Waals surface area contributed by atoms with Gasteiger partial charge in [-0.1, -0.05) is 144 Å². The number of benzene rings is 4. The highest BCUT2D eigenvalue weighted by Gasteiger charge is 2.45. The molecule has 0 aromatic heterocycles. The molecule has 6 nitrogen and oxygen atoms in total. The average molecular weight is 845 g/mol. The zero-order chi connectivity index (χ0) is 44.8. The van der Waals surface area contributed by atoms with E-state index in [-0.39, 0.29) is 37.1 Å². The minimum Gasteiger partial charge on any atom is -0.463 e. The second-order valence-corrected chi connectivity index (χ2v) is 18.2. The lowest BCUT2D eigenvalue weighted by Crippen LogP contribution is -2.33. The monoisotopic (exact) mass is 844 g/mol. The second kappa shape index (κ2) is 16.9. The summed E-state index contributed by atoms with van der Waals surface area (Å²) in [6, 6.07) is 26.1. The van der Waals surface area contributed by atoms with E-state index in [4.69, 9.17) is 14.2 Å². The Labute approximate surface area is 375 Å². The Morgan fingerprint density at radius 2 is 1.23 bits per heavy atom. The molecule has 0 spiro atoms. The van der Waals surface area contributed by atoms with E-state index in [1.807, 2.05) is 0 Å². The van der Waals surface area contributed by atoms with E-state index < -0.39 is 23.3 Å². The van der Waals surface area contributed by atoms with Crippen LogP contribution in [0.2, 0.25) is 0 Å². The number of hydrogen-bond donors (Lipinski definition) is 0. The van der Waals surface area contributed by atoms with Crippen LogP contribution in [0.1, 0.15) is 55.9 Å². The van der Waals surface area contributed by atoms with Crippen molar-refractivity contribution in [2.75, 3.05) is 19.8 Å². The first-order chi connectivity index (χ1) is 30.9. The van der Waals surface area contributed by atoms with Gasteiger partial charge in [0.15, 0.2) is 0 Å². The Kier molecular flexibility index (Phi) is 11.2. The number of hydrogen-bond acceptors (Lipinski definition) is 6. The fourth-order valence-corrected chi connectivity index (χ4v) is 10.1. The summed E-state index contributed by atoms with van der Waals surface area (Å²) in [6.07, 6.45) is 23.8. The summed E-state index contributed by atoms with van der Waals surface area (Å²) >= 11 is 0. The van der Waals surface area contributed by atoms with E-state index in [0.717, 1.165) is 55.3 Å². The molecule has 320 valence electrons. The molecule has 0 saturated carbocycles. The molecule has 0 aliphatic heterocycles. The van der Waals surface area contributed by atoms with Crippen molar-refractivity contribution in [1.82, 2.24) is 0 Å². The summed E-state index contributed by atoms with van der Waals surface area (Å²) in [6.45, 7) is 18.1. The minimum atomic E-state index is -0.776. The minimum absolute atomic E-state index is 0.0411. The molecule has 0 N–H and O–H groups in total. The smallest absolute Gasteiger partial charge is 0.330 e. The van der Waals surface area contributed by atoms with Crippen LogP contribution in [0, 0.1) is 17.3 Å². The maximum Gasteiger partial charge on any atom is 0.330 e. The van der Waals surface area contributed by atoms with E-state index in [9.17, 15) is 14.4 Å². The number of carbonyl (C=O) groups excluding carboxylic acids is 3. The molecule has 0 saturated heterocycles. The van der Waals surface area contributed by atoms with Crippen molar-refractivity contribution >= 4 is 34.3 Å². The lowest BCUT2D eigenvalue weighted by atomic mass is 9.61. The third kappa shape index (κ3) is 7.72. The highest BCUT2D eigenvalue weighted by atomic mass is 16.5. The maximum absolute atomic E-state index is 13.0. The summed E-state index contributed by atoms with van der Waals surface area (Å²) in [5.41, 5.74) is 15.6. The second-order valence-electron chi connectivity index (χ2n) is 18.2. The fraction of sp³-hybridized carbons (Fsp3) is 0.224. The molecule has 6 heteroatoms. The van der Waals surface area contributed by atoms with Gasteiger partial charge in [0.25, 0.3) is 0 Å². The molecule has 3 unspecified atom stereocenters. The normalized spacial score (nSPS) is 19.9. The van der Waals surface area contributed by atoms with Gasteiger partial charge in [-0.2, -0.15) is 0 Å². The molecule has 0 amide bonds. The van der Waals surface area contributed by atoms with Crippen LogP contribution >= 0.6 is 0 Å². The van der Waals surface area contributed by atoms with Crippen molar-refractivity contribution < 1.29 is 28.6 Å². The zero-order valence-corrected chi connectivity index (χ0v) is 36.7. The zero-order valence-electron chi connectivity index (χ0n) is 36.7. The van der Waals surface area contributed by atoms with E-state index in [2.05, 4.69) is 162 Å². The first kappa shape index (κ1) is 42.3. The third-order valence-electron chi connectivity index (χ3n) is 13.4. The average Bonchev–Trinajstić information content (AvgIpc) is 3.58. The van der Waals surface area contributed by atoms with Gasteiger partial charge in [-0.25, -0.2) is 14.4 Å². The number of allylic oxidation sites excluding steroid dienone is 14. The van der Waals surface area contributed by atoms with Crippen molar-refractivity contribution in [2.45, 2.75) is 45.4 Å². The Morgan fingerprint density at radius 1 is 0.625 bits per heavy atom. The summed E-state index contributed by atoms with van der Waals surface area (Å²) in [4.78, 5) is 36.7. The third-order valence-corrected chi connectivity index (χ3v) is 13.4. The van der Waals surface area contributed by atoms with Gasteiger partial charge in [0, 0.05) is 36.5 Å². The van der Waals surface area contributed by atoms with Crippen LogP contribution in [0.25, 0.3) is 38.6 Å². The lowest BCUT2D eigenvalue weighted by Gasteiger charge is -2.42. The predicted molar refractivity (Wildman–Crippen MR) is 256 cm³/mol. The Balaban J connectivity index is 1.13. The lowest BCUT2D eigenvalue weighted by molar-refractivity contribution is -0.139. The number of ether oxygens (including phenoxy) is 3. The molecule has 3 atom stereocenters. The van der Waals surface area contributed by atoms with E-state index >= 15 is 0 Å². The molecule has 4 aromatic carbocycles. The van der Waals surface area contributed by atoms with Gasteiger partial charge in [-0.15, -0.1) is 0 Å². The van der Waals surface area contributed by atoms with Crippen LogP contribution in [-0.4, -0.2) is 37.7 Å². The van der Waals surface area contributed by atoms with Crippen molar-refractivity contribution in [3.05, 3.63) is 209 Å². The fourth-order valence-electron chi connectivity index (χ4n) is 10.1. The van der Waals surface area contributed by atoms with E-state index in [0.29, 0.717) is 19.3 Å². The molecule has 0 fully saturated rings. The molecule has 4 aromatic rings. The van der Waals surface area contributed by atoms with Crippen molar-refractivity contribution in [2.24, 2.45) is 17.3 Å². The van der Waals surface area contributed by atoms with Crippen LogP contribution in [-0.2, 0) is 40.4 Å². The summed E-state index contributed by atoms with van der Waals surface area (Å²) in [7, 11) is 0. The molecular formula is C58H52O6. The first-order valence-electron chi connectivity index (χ1n) is 22.1. The molecule has 5 aliphatic carbocycles. The van der Waals surface area contributed by atoms with Crippen LogP contribution < -0.4 is 0 Å². The topological polar surface area (TPSA) is 78.9 Å². The van der Waals surface area contributed by atoms with Crippen molar-refractivity contribution in [1.29, 1.82) is 0 Å². The number of carbonyl (C=O) groups is 3. The number of esters is 3. The molecule has 64 heavy (non-hydrogen) atoms. The Hall–Kier alpha value is -7.05. The van der Waals surface area contributed by atoms with E-state index in [1.54, 1.807) is 0 Å². The van der Waals surface area contributed by atoms with Crippen LogP contribution in [0.5, 0.6) is 0 Å². The highest BCUT2D eigenvalue weighted by molar-refractivity contribution is 5.92. The summed E-state index contributed by atoms with van der Waals surface area (Å²) < 4.78 is 16.8. The van der Waals surface area contributed by atoms with Crippen molar-refractivity contribution in [3.63, 3.8) is 0 Å². The van der Waals surface area contributed by atoms with Gasteiger partial charge in [-0.05, 0) is 125 Å². The van der Waals surface area contributed by atoms with Gasteiger partial charge < -0.3 is 14.2 Å². The van der Waals surface area contributed by atoms with E-state index in [1.165, 1.54) is 51.7 Å².